The highest BCUT2D eigenvalue weighted by molar-refractivity contribution is 6.12. The Morgan fingerprint density at radius 1 is 0.600 bits per heavy atom. The highest BCUT2D eigenvalue weighted by Crippen LogP contribution is 2.31. The fourth-order valence-corrected chi connectivity index (χ4v) is 6.31. The Morgan fingerprint density at radius 3 is 1.31 bits per heavy atom. The summed E-state index contributed by atoms with van der Waals surface area (Å²) in [7, 11) is 6.30. The quantitative estimate of drug-likeness (QED) is 0.0681. The van der Waals surface area contributed by atoms with Gasteiger partial charge in [-0.2, -0.15) is 0 Å². The molecule has 1 aliphatic heterocycles. The third kappa shape index (κ3) is 31.2. The molecule has 0 radical (unpaired) electrons. The second kappa shape index (κ2) is 42.0. The van der Waals surface area contributed by atoms with Crippen LogP contribution in [0.5, 0.6) is 23.0 Å². The van der Waals surface area contributed by atoms with E-state index < -0.39 is 0 Å². The SMILES string of the molecule is CCC.CCC.CCC.CCCC(=O)C1CCC(CN2C(=O)C=CC2=O)CC1.CNC(=O)CCCOc1ccc(COC(C)=O)c(OC)c1.CNC(=O)CCCOc1ccc(COC(C)=O)c(OC)c1. The van der Waals surface area contributed by atoms with E-state index in [9.17, 15) is 33.6 Å². The molecule has 4 amide bonds. The summed E-state index contributed by atoms with van der Waals surface area (Å²) >= 11 is 0. The van der Waals surface area contributed by atoms with Gasteiger partial charge in [0.1, 0.15) is 42.0 Å². The lowest BCUT2D eigenvalue weighted by Crippen LogP contribution is -2.36. The molecule has 2 aromatic carbocycles. The van der Waals surface area contributed by atoms with Crippen molar-refractivity contribution in [3.63, 3.8) is 0 Å². The van der Waals surface area contributed by atoms with Crippen molar-refractivity contribution in [1.82, 2.24) is 15.5 Å². The molecule has 70 heavy (non-hydrogen) atoms. The molecule has 1 fully saturated rings. The lowest BCUT2D eigenvalue weighted by Gasteiger charge is -2.29. The van der Waals surface area contributed by atoms with Crippen LogP contribution in [-0.2, 0) is 56.2 Å². The fourth-order valence-electron chi connectivity index (χ4n) is 6.31. The number of methoxy groups -OCH3 is 2. The van der Waals surface area contributed by atoms with E-state index in [1.807, 2.05) is 6.92 Å². The van der Waals surface area contributed by atoms with E-state index in [0.717, 1.165) is 43.2 Å². The molecule has 4 rings (SSSR count). The number of esters is 2. The van der Waals surface area contributed by atoms with Crippen molar-refractivity contribution in [3.8, 4) is 23.0 Å². The van der Waals surface area contributed by atoms with E-state index in [4.69, 9.17) is 28.4 Å². The average Bonchev–Trinajstić information content (AvgIpc) is 3.66. The summed E-state index contributed by atoms with van der Waals surface area (Å²) < 4.78 is 31.5. The number of carbonyl (C=O) groups is 7. The van der Waals surface area contributed by atoms with Crippen LogP contribution in [0.15, 0.2) is 48.6 Å². The van der Waals surface area contributed by atoms with E-state index >= 15 is 0 Å². The molecule has 1 aliphatic carbocycles. The molecule has 2 N–H and O–H groups in total. The van der Waals surface area contributed by atoms with Crippen molar-refractivity contribution in [2.45, 2.75) is 159 Å². The number of hydrogen-bond acceptors (Lipinski definition) is 13. The Morgan fingerprint density at radius 2 is 0.986 bits per heavy atom. The number of hydrogen-bond donors (Lipinski definition) is 2. The maximum Gasteiger partial charge on any atom is 0.302 e. The van der Waals surface area contributed by atoms with Crippen molar-refractivity contribution in [2.24, 2.45) is 11.8 Å². The highest BCUT2D eigenvalue weighted by Gasteiger charge is 2.30. The van der Waals surface area contributed by atoms with Gasteiger partial charge in [0.15, 0.2) is 0 Å². The van der Waals surface area contributed by atoms with Crippen LogP contribution < -0.4 is 29.6 Å². The topological polar surface area (TPSA) is 202 Å². The second-order valence-electron chi connectivity index (χ2n) is 16.4. The van der Waals surface area contributed by atoms with Crippen molar-refractivity contribution in [3.05, 3.63) is 59.7 Å². The Bertz CT molecular complexity index is 1730. The summed E-state index contributed by atoms with van der Waals surface area (Å²) in [6, 6.07) is 10.6. The molecule has 1 heterocycles. The van der Waals surface area contributed by atoms with Gasteiger partial charge < -0.3 is 39.1 Å². The van der Waals surface area contributed by atoms with E-state index in [0.29, 0.717) is 86.6 Å². The van der Waals surface area contributed by atoms with Crippen molar-refractivity contribution in [2.75, 3.05) is 48.1 Å². The van der Waals surface area contributed by atoms with Crippen LogP contribution in [0.3, 0.4) is 0 Å². The molecular formula is C54H87N3O13. The van der Waals surface area contributed by atoms with Gasteiger partial charge in [0.25, 0.3) is 11.8 Å². The normalized spacial score (nSPS) is 14.0. The number of nitrogens with zero attached hydrogens (tertiary/aromatic N) is 1. The number of imide groups is 1. The molecule has 0 unspecified atom stereocenters. The Labute approximate surface area is 419 Å². The van der Waals surface area contributed by atoms with Gasteiger partial charge in [0, 0.05) is 95.1 Å². The standard InChI is InChI=1S/2C15H21NO5.C15H21NO3.3C3H8/c2*1-11(17)21-10-12-6-7-13(9-14(12)19-3)20-8-4-5-15(18)16-2;1-2-3-13(17)12-6-4-11(5-7-12)10-16-14(18)8-9-15(16)19;3*1-3-2/h2*6-7,9H,4-5,8,10H2,1-3H3,(H,16,18);8-9,11-12H,2-7,10H2,1H3;3*3H2,1-2H3. The van der Waals surface area contributed by atoms with E-state index in [2.05, 4.69) is 52.2 Å². The lowest BCUT2D eigenvalue weighted by molar-refractivity contribution is -0.143. The first kappa shape index (κ1) is 66.2. The predicted molar refractivity (Wildman–Crippen MR) is 274 cm³/mol. The van der Waals surface area contributed by atoms with Crippen LogP contribution in [0, 0.1) is 11.8 Å². The third-order valence-electron chi connectivity index (χ3n) is 9.71. The minimum Gasteiger partial charge on any atom is -0.496 e. The molecule has 1 saturated carbocycles. The van der Waals surface area contributed by atoms with Crippen molar-refractivity contribution < 1.29 is 62.0 Å². The number of carbonyl (C=O) groups excluding carboxylic acids is 7. The van der Waals surface area contributed by atoms with Gasteiger partial charge in [-0.3, -0.25) is 38.5 Å². The maximum absolute atomic E-state index is 11.8. The molecule has 2 aliphatic rings. The van der Waals surface area contributed by atoms with Gasteiger partial charge in [-0.05, 0) is 75.1 Å². The Kier molecular flexibility index (Phi) is 39.7. The maximum atomic E-state index is 11.8. The van der Waals surface area contributed by atoms with Crippen LogP contribution in [-0.4, -0.2) is 94.3 Å². The molecule has 0 bridgehead atoms. The van der Waals surface area contributed by atoms with Gasteiger partial charge in [-0.25, -0.2) is 0 Å². The number of Topliss-reactive ketones (excluding diaryl/α,β-unsaturated/α-hetero) is 1. The Balaban J connectivity index is 0. The number of nitrogens with one attached hydrogen (secondary N) is 2. The summed E-state index contributed by atoms with van der Waals surface area (Å²) in [6.07, 6.45) is 13.8. The molecule has 0 aromatic heterocycles. The van der Waals surface area contributed by atoms with Crippen LogP contribution in [0.2, 0.25) is 0 Å². The van der Waals surface area contributed by atoms with Crippen LogP contribution in [0.1, 0.15) is 157 Å². The fraction of sp³-hybridized carbons (Fsp3) is 0.611. The van der Waals surface area contributed by atoms with Crippen LogP contribution in [0.25, 0.3) is 0 Å². The first-order chi connectivity index (χ1) is 33.5. The van der Waals surface area contributed by atoms with Gasteiger partial charge in [-0.1, -0.05) is 67.7 Å². The zero-order valence-electron chi connectivity index (χ0n) is 44.8. The van der Waals surface area contributed by atoms with Gasteiger partial charge >= 0.3 is 11.9 Å². The number of amides is 4. The zero-order valence-corrected chi connectivity index (χ0v) is 44.8. The molecule has 2 aromatic rings. The predicted octanol–water partition coefficient (Wildman–Crippen LogP) is 9.66. The summed E-state index contributed by atoms with van der Waals surface area (Å²) in [6.45, 7) is 19.2. The molecular weight excluding hydrogens is 899 g/mol. The Hall–Kier alpha value is -5.93. The first-order valence-electron chi connectivity index (χ1n) is 24.8. The van der Waals surface area contributed by atoms with Crippen molar-refractivity contribution in [1.29, 1.82) is 0 Å². The van der Waals surface area contributed by atoms with E-state index in [1.54, 1.807) is 64.7 Å². The zero-order chi connectivity index (χ0) is 53.3. The number of rotatable bonds is 21. The van der Waals surface area contributed by atoms with E-state index in [1.165, 1.54) is 50.2 Å². The average molecular weight is 986 g/mol. The summed E-state index contributed by atoms with van der Waals surface area (Å²) in [5.41, 5.74) is 1.54. The minimum atomic E-state index is -0.341. The van der Waals surface area contributed by atoms with Gasteiger partial charge in [0.2, 0.25) is 11.8 Å². The van der Waals surface area contributed by atoms with E-state index in [-0.39, 0.29) is 54.7 Å². The molecule has 16 heteroatoms. The van der Waals surface area contributed by atoms with Crippen LogP contribution >= 0.6 is 0 Å². The summed E-state index contributed by atoms with van der Waals surface area (Å²) in [4.78, 5) is 79.9. The van der Waals surface area contributed by atoms with Gasteiger partial charge in [0.05, 0.1) is 27.4 Å². The molecule has 396 valence electrons. The number of benzene rings is 2. The monoisotopic (exact) mass is 986 g/mol. The smallest absolute Gasteiger partial charge is 0.302 e. The number of ketones is 1. The van der Waals surface area contributed by atoms with Crippen LogP contribution in [0.4, 0.5) is 0 Å². The molecule has 0 atom stereocenters. The van der Waals surface area contributed by atoms with Crippen molar-refractivity contribution >= 4 is 41.4 Å². The molecule has 16 nitrogen and oxygen atoms in total. The second-order valence-corrected chi connectivity index (χ2v) is 16.4. The number of ether oxygens (including phenoxy) is 6. The molecule has 0 spiro atoms. The first-order valence-corrected chi connectivity index (χ1v) is 24.8. The highest BCUT2D eigenvalue weighted by atomic mass is 16.5. The minimum absolute atomic E-state index is 0.00656. The summed E-state index contributed by atoms with van der Waals surface area (Å²) in [5.74, 6) is 2.35. The third-order valence-corrected chi connectivity index (χ3v) is 9.71. The molecule has 0 saturated heterocycles. The summed E-state index contributed by atoms with van der Waals surface area (Å²) in [5, 5.41) is 5.11. The largest absolute Gasteiger partial charge is 0.496 e. The lowest BCUT2D eigenvalue weighted by atomic mass is 9.79. The van der Waals surface area contributed by atoms with Gasteiger partial charge in [-0.15, -0.1) is 0 Å².